The monoisotopic (exact) mass is 586 g/mol. The van der Waals surface area contributed by atoms with Gasteiger partial charge in [-0.05, 0) is 88.9 Å². The summed E-state index contributed by atoms with van der Waals surface area (Å²) in [6.07, 6.45) is 7.61. The van der Waals surface area contributed by atoms with Crippen molar-refractivity contribution >= 4 is 40.6 Å². The Morgan fingerprint density at radius 1 is 1.02 bits per heavy atom. The number of phenols is 1. The summed E-state index contributed by atoms with van der Waals surface area (Å²) in [5, 5.41) is 25.4. The lowest BCUT2D eigenvalue weighted by Crippen LogP contribution is -2.44. The molecular weight excluding hydrogens is 552 g/mol. The lowest BCUT2D eigenvalue weighted by molar-refractivity contribution is -0.137. The number of aliphatic carboxylic acids is 1. The Morgan fingerprint density at radius 2 is 1.79 bits per heavy atom. The third kappa shape index (κ3) is 8.33. The van der Waals surface area contributed by atoms with Crippen molar-refractivity contribution in [2.24, 2.45) is 0 Å². The van der Waals surface area contributed by atoms with Crippen molar-refractivity contribution in [1.29, 1.82) is 0 Å². The number of carbonyl (C=O) groups is 3. The second-order valence-electron chi connectivity index (χ2n) is 10.6. The third-order valence-electron chi connectivity index (χ3n) is 7.41. The second-order valence-corrected chi connectivity index (χ2v) is 11.1. The molecular formula is C34H35ClN2O5. The molecule has 0 aliphatic heterocycles. The van der Waals surface area contributed by atoms with Crippen LogP contribution < -0.4 is 10.6 Å². The number of aromatic hydroxyl groups is 1. The molecule has 0 spiro atoms. The zero-order valence-electron chi connectivity index (χ0n) is 23.6. The molecule has 3 atom stereocenters. The Balaban J connectivity index is 1.65. The molecule has 0 radical (unpaired) electrons. The fourth-order valence-corrected chi connectivity index (χ4v) is 5.43. The standard InChI is InChI=1S/C34H35ClN2O5/c1-21-6-9-24(26-4-3-5-27(35)19-26)10-11-25(12-17-33(40)41)31-20-28(13-16-30(21)31)37-34(42)32(36-22(2)38)18-23-7-14-29(39)15-8-23/h3-10,13-16,19-21,25,32,39H,11-12,17-18H2,1-2H3,(H,36,38)(H,37,42)(H,40,41)/b9-6-,24-10+. The summed E-state index contributed by atoms with van der Waals surface area (Å²) in [4.78, 5) is 36.8. The first-order valence-corrected chi connectivity index (χ1v) is 14.3. The van der Waals surface area contributed by atoms with Crippen LogP contribution in [0, 0.1) is 0 Å². The number of amides is 2. The van der Waals surface area contributed by atoms with E-state index in [0.29, 0.717) is 23.6 Å². The van der Waals surface area contributed by atoms with Gasteiger partial charge in [-0.25, -0.2) is 0 Å². The quantitative estimate of drug-likeness (QED) is 0.219. The van der Waals surface area contributed by atoms with Crippen LogP contribution in [0.4, 0.5) is 5.69 Å². The third-order valence-corrected chi connectivity index (χ3v) is 7.64. The predicted octanol–water partition coefficient (Wildman–Crippen LogP) is 6.83. The number of nitrogens with one attached hydrogen (secondary N) is 2. The largest absolute Gasteiger partial charge is 0.508 e. The molecule has 1 aliphatic rings. The molecule has 3 aromatic rings. The van der Waals surface area contributed by atoms with Crippen molar-refractivity contribution in [3.63, 3.8) is 0 Å². The Morgan fingerprint density at radius 3 is 2.48 bits per heavy atom. The smallest absolute Gasteiger partial charge is 0.303 e. The molecule has 4 N–H and O–H groups in total. The number of hydrogen-bond acceptors (Lipinski definition) is 4. The van der Waals surface area contributed by atoms with E-state index in [0.717, 1.165) is 27.8 Å². The summed E-state index contributed by atoms with van der Waals surface area (Å²) >= 11 is 6.26. The van der Waals surface area contributed by atoms with Crippen LogP contribution in [-0.2, 0) is 20.8 Å². The minimum atomic E-state index is -0.863. The fourth-order valence-electron chi connectivity index (χ4n) is 5.24. The van der Waals surface area contributed by atoms with Crippen LogP contribution in [0.15, 0.2) is 85.0 Å². The highest BCUT2D eigenvalue weighted by Gasteiger charge is 2.23. The van der Waals surface area contributed by atoms with E-state index >= 15 is 0 Å². The molecule has 2 amide bonds. The fraction of sp³-hybridized carbons (Fsp3) is 0.265. The SMILES string of the molecule is CC(=O)NC(Cc1ccc(O)cc1)C(=O)Nc1ccc2c(c1)C(CCC(=O)O)C/C=C(c1cccc(Cl)c1)\C=C/C2C. The van der Waals surface area contributed by atoms with Gasteiger partial charge in [-0.2, -0.15) is 0 Å². The lowest BCUT2D eigenvalue weighted by Gasteiger charge is -2.23. The maximum atomic E-state index is 13.4. The van der Waals surface area contributed by atoms with E-state index in [9.17, 15) is 24.6 Å². The number of phenolic OH excluding ortho intramolecular Hbond substituents is 1. The number of halogens is 1. The summed E-state index contributed by atoms with van der Waals surface area (Å²) < 4.78 is 0. The molecule has 1 aliphatic carbocycles. The molecule has 42 heavy (non-hydrogen) atoms. The maximum absolute atomic E-state index is 13.4. The number of carboxylic acid groups (broad SMARTS) is 1. The van der Waals surface area contributed by atoms with Gasteiger partial charge in [-0.3, -0.25) is 14.4 Å². The first kappa shape index (κ1) is 30.6. The van der Waals surface area contributed by atoms with Crippen LogP contribution in [0.5, 0.6) is 5.75 Å². The van der Waals surface area contributed by atoms with E-state index < -0.39 is 12.0 Å². The number of benzene rings is 3. The summed E-state index contributed by atoms with van der Waals surface area (Å²) in [7, 11) is 0. The first-order chi connectivity index (χ1) is 20.1. The number of carboxylic acids is 1. The highest BCUT2D eigenvalue weighted by atomic mass is 35.5. The Kier molecular flexibility index (Phi) is 10.2. The minimum Gasteiger partial charge on any atom is -0.508 e. The molecule has 8 heteroatoms. The highest BCUT2D eigenvalue weighted by Crippen LogP contribution is 2.37. The van der Waals surface area contributed by atoms with Crippen LogP contribution >= 0.6 is 11.6 Å². The minimum absolute atomic E-state index is 0.0140. The van der Waals surface area contributed by atoms with Gasteiger partial charge in [-0.15, -0.1) is 0 Å². The van der Waals surface area contributed by atoms with Gasteiger partial charge >= 0.3 is 5.97 Å². The van der Waals surface area contributed by atoms with Gasteiger partial charge in [0, 0.05) is 30.5 Å². The number of carbonyl (C=O) groups excluding carboxylic acids is 2. The van der Waals surface area contributed by atoms with Gasteiger partial charge < -0.3 is 20.8 Å². The van der Waals surface area contributed by atoms with E-state index in [1.807, 2.05) is 42.5 Å². The summed E-state index contributed by atoms with van der Waals surface area (Å²) in [6.45, 7) is 3.45. The Bertz CT molecular complexity index is 1510. The van der Waals surface area contributed by atoms with Crippen LogP contribution in [-0.4, -0.2) is 34.0 Å². The van der Waals surface area contributed by atoms with Crippen LogP contribution in [0.2, 0.25) is 5.02 Å². The molecule has 3 aromatic carbocycles. The lowest BCUT2D eigenvalue weighted by atomic mass is 9.84. The number of hydrogen-bond donors (Lipinski definition) is 4. The van der Waals surface area contributed by atoms with Gasteiger partial charge in [-0.1, -0.05) is 67.1 Å². The van der Waals surface area contributed by atoms with Crippen LogP contribution in [0.3, 0.4) is 0 Å². The molecule has 0 saturated carbocycles. The predicted molar refractivity (Wildman–Crippen MR) is 166 cm³/mol. The molecule has 0 fully saturated rings. The molecule has 0 aromatic heterocycles. The van der Waals surface area contributed by atoms with Crippen molar-refractivity contribution < 1.29 is 24.6 Å². The van der Waals surface area contributed by atoms with E-state index in [-0.39, 0.29) is 42.2 Å². The van der Waals surface area contributed by atoms with E-state index in [4.69, 9.17) is 11.6 Å². The van der Waals surface area contributed by atoms with E-state index in [1.165, 1.54) is 19.1 Å². The Hall–Kier alpha value is -4.36. The molecule has 4 rings (SSSR count). The number of rotatable bonds is 9. The topological polar surface area (TPSA) is 116 Å². The highest BCUT2D eigenvalue weighted by molar-refractivity contribution is 6.30. The van der Waals surface area contributed by atoms with Crippen molar-refractivity contribution in [3.8, 4) is 5.75 Å². The van der Waals surface area contributed by atoms with Crippen molar-refractivity contribution in [2.45, 2.75) is 57.4 Å². The zero-order valence-corrected chi connectivity index (χ0v) is 24.4. The molecule has 218 valence electrons. The van der Waals surface area contributed by atoms with Crippen molar-refractivity contribution in [2.75, 3.05) is 5.32 Å². The van der Waals surface area contributed by atoms with Gasteiger partial charge in [0.1, 0.15) is 11.8 Å². The summed E-state index contributed by atoms with van der Waals surface area (Å²) in [5.74, 6) is -1.53. The Labute approximate surface area is 250 Å². The second kappa shape index (κ2) is 14.0. The maximum Gasteiger partial charge on any atom is 0.303 e. The van der Waals surface area contributed by atoms with E-state index in [2.05, 4.69) is 35.8 Å². The van der Waals surface area contributed by atoms with Gasteiger partial charge in [0.25, 0.3) is 0 Å². The zero-order chi connectivity index (χ0) is 30.2. The number of fused-ring (bicyclic) bond motifs is 1. The van der Waals surface area contributed by atoms with Gasteiger partial charge in [0.2, 0.25) is 11.8 Å². The van der Waals surface area contributed by atoms with Crippen molar-refractivity contribution in [1.82, 2.24) is 5.32 Å². The van der Waals surface area contributed by atoms with Crippen LogP contribution in [0.1, 0.15) is 67.2 Å². The van der Waals surface area contributed by atoms with Gasteiger partial charge in [0.05, 0.1) is 0 Å². The molecule has 7 nitrogen and oxygen atoms in total. The normalized spacial score (nSPS) is 19.1. The number of allylic oxidation sites excluding steroid dienone is 4. The number of anilines is 1. The van der Waals surface area contributed by atoms with Gasteiger partial charge in [0.15, 0.2) is 0 Å². The molecule has 3 unspecified atom stereocenters. The summed E-state index contributed by atoms with van der Waals surface area (Å²) in [5.41, 5.74) is 5.38. The molecule has 0 saturated heterocycles. The van der Waals surface area contributed by atoms with Crippen molar-refractivity contribution in [3.05, 3.63) is 112 Å². The molecule has 0 bridgehead atoms. The van der Waals surface area contributed by atoms with E-state index in [1.54, 1.807) is 12.1 Å². The first-order valence-electron chi connectivity index (χ1n) is 13.9. The molecule has 0 heterocycles. The average molecular weight is 587 g/mol. The van der Waals surface area contributed by atoms with Crippen LogP contribution in [0.25, 0.3) is 5.57 Å². The summed E-state index contributed by atoms with van der Waals surface area (Å²) in [6, 6.07) is 19.0. The average Bonchev–Trinajstić information content (AvgIpc) is 3.00.